The molecule has 12 heteroatoms. The van der Waals surface area contributed by atoms with Gasteiger partial charge in [0.25, 0.3) is 15.9 Å². The molecule has 4 rings (SSSR count). The van der Waals surface area contributed by atoms with Crippen LogP contribution in [0.1, 0.15) is 63.9 Å². The van der Waals surface area contributed by atoms with Gasteiger partial charge in [0, 0.05) is 4.88 Å². The van der Waals surface area contributed by atoms with Crippen LogP contribution in [-0.4, -0.2) is 39.0 Å². The van der Waals surface area contributed by atoms with E-state index in [9.17, 15) is 27.2 Å². The van der Waals surface area contributed by atoms with Crippen molar-refractivity contribution in [3.63, 3.8) is 0 Å². The number of carbonyl (C=O) groups is 3. The molecule has 0 saturated carbocycles. The second-order valence-electron chi connectivity index (χ2n) is 9.87. The van der Waals surface area contributed by atoms with E-state index < -0.39 is 39.8 Å². The molecule has 0 fully saturated rings. The third-order valence-electron chi connectivity index (χ3n) is 6.70. The molecule has 0 unspecified atom stereocenters. The number of hydrogen-bond acceptors (Lipinski definition) is 8. The number of esters is 2. The van der Waals surface area contributed by atoms with Crippen LogP contribution in [0.15, 0.2) is 47.4 Å². The number of ether oxygens (including phenoxy) is 2. The van der Waals surface area contributed by atoms with Crippen molar-refractivity contribution in [2.45, 2.75) is 58.0 Å². The van der Waals surface area contributed by atoms with Gasteiger partial charge >= 0.3 is 11.9 Å². The molecule has 0 bridgehead atoms. The molecule has 0 saturated heterocycles. The molecular weight excluding hydrogens is 571 g/mol. The van der Waals surface area contributed by atoms with Crippen LogP contribution < -0.4 is 10.0 Å². The molecule has 3 aromatic rings. The first-order chi connectivity index (χ1) is 19.4. The molecule has 2 aromatic carbocycles. The van der Waals surface area contributed by atoms with Crippen molar-refractivity contribution in [3.05, 3.63) is 75.4 Å². The molecule has 0 aliphatic heterocycles. The van der Waals surface area contributed by atoms with Gasteiger partial charge in [-0.2, -0.15) is 0 Å². The lowest BCUT2D eigenvalue weighted by Crippen LogP contribution is -2.30. The number of amides is 1. The Morgan fingerprint density at radius 3 is 2.59 bits per heavy atom. The number of aryl methyl sites for hydroxylation is 1. The summed E-state index contributed by atoms with van der Waals surface area (Å²) in [5.74, 6) is -2.24. The van der Waals surface area contributed by atoms with E-state index in [1.165, 1.54) is 49.4 Å². The van der Waals surface area contributed by atoms with Crippen molar-refractivity contribution in [2.24, 2.45) is 5.92 Å². The van der Waals surface area contributed by atoms with E-state index in [1.807, 2.05) is 0 Å². The summed E-state index contributed by atoms with van der Waals surface area (Å²) in [6.45, 7) is 6.85. The van der Waals surface area contributed by atoms with E-state index in [0.717, 1.165) is 41.5 Å². The second-order valence-corrected chi connectivity index (χ2v) is 12.6. The summed E-state index contributed by atoms with van der Waals surface area (Å²) in [5.41, 5.74) is 1.21. The topological polar surface area (TPSA) is 128 Å². The zero-order valence-corrected chi connectivity index (χ0v) is 24.7. The highest BCUT2D eigenvalue weighted by Crippen LogP contribution is 2.40. The van der Waals surface area contributed by atoms with Crippen LogP contribution in [-0.2, 0) is 37.1 Å². The number of para-hydroxylation sites is 1. The van der Waals surface area contributed by atoms with Gasteiger partial charge in [-0.3, -0.25) is 9.52 Å². The van der Waals surface area contributed by atoms with Gasteiger partial charge in [-0.25, -0.2) is 22.4 Å². The van der Waals surface area contributed by atoms with Crippen molar-refractivity contribution in [3.8, 4) is 0 Å². The minimum atomic E-state index is -4.17. The first-order valence-corrected chi connectivity index (χ1v) is 15.4. The van der Waals surface area contributed by atoms with Crippen LogP contribution in [0, 0.1) is 18.7 Å². The number of fused-ring (bicyclic) bond motifs is 1. The lowest BCUT2D eigenvalue weighted by Gasteiger charge is -2.18. The third kappa shape index (κ3) is 6.76. The first kappa shape index (κ1) is 30.2. The van der Waals surface area contributed by atoms with Crippen molar-refractivity contribution >= 4 is 49.9 Å². The van der Waals surface area contributed by atoms with Gasteiger partial charge in [0.1, 0.15) is 10.8 Å². The molecule has 2 atom stereocenters. The average molecular weight is 603 g/mol. The monoisotopic (exact) mass is 602 g/mol. The van der Waals surface area contributed by atoms with Crippen molar-refractivity contribution < 1.29 is 36.7 Å². The number of halogens is 1. The van der Waals surface area contributed by atoms with Crippen LogP contribution in [0.5, 0.6) is 0 Å². The zero-order valence-electron chi connectivity index (χ0n) is 23.1. The van der Waals surface area contributed by atoms with Gasteiger partial charge in [0.2, 0.25) is 0 Å². The molecule has 1 heterocycles. The van der Waals surface area contributed by atoms with Gasteiger partial charge in [-0.1, -0.05) is 19.1 Å². The Morgan fingerprint density at radius 1 is 1.15 bits per heavy atom. The summed E-state index contributed by atoms with van der Waals surface area (Å²) in [7, 11) is -4.17. The van der Waals surface area contributed by atoms with Gasteiger partial charge in [-0.05, 0) is 87.4 Å². The van der Waals surface area contributed by atoms with Crippen LogP contribution in [0.25, 0.3) is 0 Å². The van der Waals surface area contributed by atoms with Gasteiger partial charge in [-0.15, -0.1) is 11.3 Å². The molecule has 2 N–H and O–H groups in total. The number of benzene rings is 2. The van der Waals surface area contributed by atoms with Gasteiger partial charge in [0.05, 0.1) is 28.3 Å². The summed E-state index contributed by atoms with van der Waals surface area (Å²) in [6.07, 6.45) is 1.13. The largest absolute Gasteiger partial charge is 0.462 e. The summed E-state index contributed by atoms with van der Waals surface area (Å²) in [6, 6.07) is 9.03. The van der Waals surface area contributed by atoms with Crippen LogP contribution in [0.4, 0.5) is 15.1 Å². The Kier molecular flexibility index (Phi) is 9.13. The number of nitrogens with one attached hydrogen (secondary N) is 2. The molecular formula is C29H31FN2O7S2. The standard InChI is InChI=1S/C29H31FN2O7S2/c1-5-38-29(35)25-21-12-10-16(2)14-23(21)40-27(25)31-26(33)18(4)39-28(34)20-8-6-7-9-22(20)32-41(36,37)24-13-11-19(30)15-17(24)3/h6-9,11,13,15-16,18,32H,5,10,12,14H2,1-4H3,(H,31,33)/t16-,18+/m0/s1. The Labute approximate surface area is 242 Å². The number of anilines is 2. The maximum Gasteiger partial charge on any atom is 0.341 e. The molecule has 41 heavy (non-hydrogen) atoms. The lowest BCUT2D eigenvalue weighted by molar-refractivity contribution is -0.123. The number of hydrogen-bond donors (Lipinski definition) is 2. The van der Waals surface area contributed by atoms with E-state index >= 15 is 0 Å². The molecule has 1 aliphatic carbocycles. The third-order valence-corrected chi connectivity index (χ3v) is 9.39. The Balaban J connectivity index is 1.51. The van der Waals surface area contributed by atoms with Crippen LogP contribution in [0.2, 0.25) is 0 Å². The highest BCUT2D eigenvalue weighted by molar-refractivity contribution is 7.92. The lowest BCUT2D eigenvalue weighted by atomic mass is 9.88. The smallest absolute Gasteiger partial charge is 0.341 e. The van der Waals surface area contributed by atoms with Crippen molar-refractivity contribution in [1.82, 2.24) is 0 Å². The SMILES string of the molecule is CCOC(=O)c1c(NC(=O)[C@@H](C)OC(=O)c2ccccc2NS(=O)(=O)c2ccc(F)cc2C)sc2c1CC[C@H](C)C2. The number of sulfonamides is 1. The Morgan fingerprint density at radius 2 is 1.88 bits per heavy atom. The maximum atomic E-state index is 13.5. The molecule has 1 aliphatic rings. The molecule has 218 valence electrons. The number of carbonyl (C=O) groups excluding carboxylic acids is 3. The summed E-state index contributed by atoms with van der Waals surface area (Å²) in [5, 5.41) is 3.07. The summed E-state index contributed by atoms with van der Waals surface area (Å²) >= 11 is 1.32. The minimum Gasteiger partial charge on any atom is -0.462 e. The van der Waals surface area contributed by atoms with Crippen LogP contribution in [0.3, 0.4) is 0 Å². The van der Waals surface area contributed by atoms with Crippen molar-refractivity contribution in [1.29, 1.82) is 0 Å². The van der Waals surface area contributed by atoms with E-state index in [1.54, 1.807) is 6.92 Å². The number of thiophene rings is 1. The summed E-state index contributed by atoms with van der Waals surface area (Å²) in [4.78, 5) is 39.8. The first-order valence-electron chi connectivity index (χ1n) is 13.1. The fourth-order valence-corrected chi connectivity index (χ4v) is 7.32. The molecule has 1 aromatic heterocycles. The average Bonchev–Trinajstić information content (AvgIpc) is 3.25. The van der Waals surface area contributed by atoms with E-state index in [2.05, 4.69) is 17.0 Å². The summed E-state index contributed by atoms with van der Waals surface area (Å²) < 4.78 is 52.5. The highest BCUT2D eigenvalue weighted by Gasteiger charge is 2.31. The van der Waals surface area contributed by atoms with E-state index in [4.69, 9.17) is 9.47 Å². The Bertz CT molecular complexity index is 1600. The quantitative estimate of drug-likeness (QED) is 0.310. The predicted octanol–water partition coefficient (Wildman–Crippen LogP) is 5.48. The van der Waals surface area contributed by atoms with E-state index in [0.29, 0.717) is 22.9 Å². The predicted molar refractivity (Wildman–Crippen MR) is 153 cm³/mol. The molecule has 1 amide bonds. The maximum absolute atomic E-state index is 13.5. The zero-order chi connectivity index (χ0) is 29.9. The fraction of sp³-hybridized carbons (Fsp3) is 0.345. The molecule has 9 nitrogen and oxygen atoms in total. The van der Waals surface area contributed by atoms with Crippen molar-refractivity contribution in [2.75, 3.05) is 16.6 Å². The number of rotatable bonds is 9. The van der Waals surface area contributed by atoms with Gasteiger partial charge in [0.15, 0.2) is 6.10 Å². The second kappa shape index (κ2) is 12.4. The highest BCUT2D eigenvalue weighted by atomic mass is 32.2. The van der Waals surface area contributed by atoms with E-state index in [-0.39, 0.29) is 28.3 Å². The fourth-order valence-electron chi connectivity index (χ4n) is 4.61. The minimum absolute atomic E-state index is 0.0708. The normalized spacial score (nSPS) is 15.4. The van der Waals surface area contributed by atoms with Gasteiger partial charge < -0.3 is 14.8 Å². The molecule has 0 spiro atoms. The Hall–Kier alpha value is -3.77. The van der Waals surface area contributed by atoms with Crippen LogP contribution >= 0.6 is 11.3 Å². The molecule has 0 radical (unpaired) electrons.